The minimum atomic E-state index is -0.200. The largest absolute Gasteiger partial charge is 0.350 e. The van der Waals surface area contributed by atoms with Crippen LogP contribution in [0.1, 0.15) is 41.7 Å². The number of rotatable bonds is 5. The summed E-state index contributed by atoms with van der Waals surface area (Å²) in [4.78, 5) is 23.4. The smallest absolute Gasteiger partial charge is 0.270 e. The van der Waals surface area contributed by atoms with Gasteiger partial charge in [0.15, 0.2) is 0 Å². The Kier molecular flexibility index (Phi) is 6.69. The highest BCUT2D eigenvalue weighted by Crippen LogP contribution is 2.21. The van der Waals surface area contributed by atoms with Crippen molar-refractivity contribution in [1.82, 2.24) is 15.3 Å². The first-order valence-electron chi connectivity index (χ1n) is 8.93. The summed E-state index contributed by atoms with van der Waals surface area (Å²) in [6.07, 6.45) is 7.04. The Bertz CT molecular complexity index is 761. The van der Waals surface area contributed by atoms with Crippen LogP contribution in [-0.4, -0.2) is 35.5 Å². The maximum absolute atomic E-state index is 12.4. The highest BCUT2D eigenvalue weighted by Gasteiger charge is 2.15. The number of hydrogen-bond acceptors (Lipinski definition) is 4. The molecule has 3 rings (SSSR count). The molecule has 0 radical (unpaired) electrons. The SMILES string of the molecule is O=C(NCCc1ccc(Cl)cc1Cl)c1ccnc(N2CCCCCC2)n1. The van der Waals surface area contributed by atoms with E-state index in [1.165, 1.54) is 12.8 Å². The minimum absolute atomic E-state index is 0.200. The molecule has 1 N–H and O–H groups in total. The average Bonchev–Trinajstić information content (AvgIpc) is 2.93. The number of anilines is 1. The first kappa shape index (κ1) is 18.9. The van der Waals surface area contributed by atoms with E-state index in [0.717, 1.165) is 31.5 Å². The highest BCUT2D eigenvalue weighted by molar-refractivity contribution is 6.35. The maximum atomic E-state index is 12.4. The van der Waals surface area contributed by atoms with E-state index < -0.39 is 0 Å². The van der Waals surface area contributed by atoms with E-state index >= 15 is 0 Å². The second-order valence-corrected chi connectivity index (χ2v) is 7.23. The molecule has 0 atom stereocenters. The van der Waals surface area contributed by atoms with Crippen LogP contribution >= 0.6 is 23.2 Å². The number of carbonyl (C=O) groups excluding carboxylic acids is 1. The molecule has 0 spiro atoms. The van der Waals surface area contributed by atoms with Crippen molar-refractivity contribution in [3.63, 3.8) is 0 Å². The van der Waals surface area contributed by atoms with E-state index in [0.29, 0.717) is 34.7 Å². The molecule has 0 unspecified atom stereocenters. The van der Waals surface area contributed by atoms with Crippen LogP contribution in [0.25, 0.3) is 0 Å². The van der Waals surface area contributed by atoms with Crippen LogP contribution in [0.2, 0.25) is 10.0 Å². The van der Waals surface area contributed by atoms with E-state index in [1.54, 1.807) is 24.4 Å². The number of nitrogens with one attached hydrogen (secondary N) is 1. The fourth-order valence-corrected chi connectivity index (χ4v) is 3.53. The van der Waals surface area contributed by atoms with E-state index in [4.69, 9.17) is 23.2 Å². The standard InChI is InChI=1S/C19H22Cl2N4O/c20-15-6-5-14(16(21)13-15)7-9-22-18(26)17-8-10-23-19(24-17)25-11-3-1-2-4-12-25/h5-6,8,10,13H,1-4,7,9,11-12H2,(H,22,26). The molecule has 2 aromatic rings. The van der Waals surface area contributed by atoms with Crippen molar-refractivity contribution < 1.29 is 4.79 Å². The first-order chi connectivity index (χ1) is 12.6. The van der Waals surface area contributed by atoms with Crippen LogP contribution in [0.15, 0.2) is 30.5 Å². The van der Waals surface area contributed by atoms with Gasteiger partial charge in [0, 0.05) is 35.9 Å². The molecule has 1 fully saturated rings. The Labute approximate surface area is 163 Å². The number of amides is 1. The van der Waals surface area contributed by atoms with Crippen LogP contribution in [0, 0.1) is 0 Å². The summed E-state index contributed by atoms with van der Waals surface area (Å²) in [6.45, 7) is 2.36. The van der Waals surface area contributed by atoms with Gasteiger partial charge in [-0.1, -0.05) is 42.1 Å². The van der Waals surface area contributed by atoms with Crippen LogP contribution in [0.3, 0.4) is 0 Å². The van der Waals surface area contributed by atoms with Gasteiger partial charge in [0.1, 0.15) is 5.69 Å². The van der Waals surface area contributed by atoms with Crippen LogP contribution < -0.4 is 10.2 Å². The molecule has 26 heavy (non-hydrogen) atoms. The Hall–Kier alpha value is -1.85. The van der Waals surface area contributed by atoms with E-state index in [2.05, 4.69) is 20.2 Å². The van der Waals surface area contributed by atoms with E-state index in [-0.39, 0.29) is 5.91 Å². The third-order valence-corrected chi connectivity index (χ3v) is 5.05. The van der Waals surface area contributed by atoms with Crippen LogP contribution in [-0.2, 0) is 6.42 Å². The van der Waals surface area contributed by atoms with Gasteiger partial charge < -0.3 is 10.2 Å². The zero-order valence-electron chi connectivity index (χ0n) is 14.5. The summed E-state index contributed by atoms with van der Waals surface area (Å²) in [5.74, 6) is 0.439. The Morgan fingerprint density at radius 2 is 1.88 bits per heavy atom. The maximum Gasteiger partial charge on any atom is 0.270 e. The normalized spacial score (nSPS) is 14.8. The fourth-order valence-electron chi connectivity index (χ4n) is 3.02. The minimum Gasteiger partial charge on any atom is -0.350 e. The number of benzene rings is 1. The molecule has 1 amide bonds. The molecular weight excluding hydrogens is 371 g/mol. The van der Waals surface area contributed by atoms with Crippen molar-refractivity contribution in [3.05, 3.63) is 51.8 Å². The quantitative estimate of drug-likeness (QED) is 0.830. The molecule has 0 bridgehead atoms. The monoisotopic (exact) mass is 392 g/mol. The van der Waals surface area contributed by atoms with Gasteiger partial charge in [-0.3, -0.25) is 4.79 Å². The summed E-state index contributed by atoms with van der Waals surface area (Å²) in [5, 5.41) is 4.10. The summed E-state index contributed by atoms with van der Waals surface area (Å²) >= 11 is 12.1. The molecule has 138 valence electrons. The predicted octanol–water partition coefficient (Wildman–Crippen LogP) is 4.14. The van der Waals surface area contributed by atoms with Crippen molar-refractivity contribution in [2.75, 3.05) is 24.5 Å². The lowest BCUT2D eigenvalue weighted by molar-refractivity contribution is 0.0949. The highest BCUT2D eigenvalue weighted by atomic mass is 35.5. The molecule has 1 aliphatic heterocycles. The van der Waals surface area contributed by atoms with Gasteiger partial charge in [0.25, 0.3) is 5.91 Å². The molecular formula is C19H22Cl2N4O. The van der Waals surface area contributed by atoms with Crippen molar-refractivity contribution >= 4 is 35.1 Å². The van der Waals surface area contributed by atoms with Gasteiger partial charge in [-0.2, -0.15) is 0 Å². The first-order valence-corrected chi connectivity index (χ1v) is 9.69. The molecule has 7 heteroatoms. The molecule has 0 aliphatic carbocycles. The van der Waals surface area contributed by atoms with Crippen molar-refractivity contribution in [2.24, 2.45) is 0 Å². The van der Waals surface area contributed by atoms with Gasteiger partial charge in [0.05, 0.1) is 0 Å². The van der Waals surface area contributed by atoms with Gasteiger partial charge in [-0.25, -0.2) is 9.97 Å². The average molecular weight is 393 g/mol. The molecule has 1 saturated heterocycles. The number of hydrogen-bond donors (Lipinski definition) is 1. The summed E-state index contributed by atoms with van der Waals surface area (Å²) in [7, 11) is 0. The van der Waals surface area contributed by atoms with Crippen molar-refractivity contribution in [1.29, 1.82) is 0 Å². The number of aromatic nitrogens is 2. The van der Waals surface area contributed by atoms with Gasteiger partial charge in [-0.15, -0.1) is 0 Å². The molecule has 1 aliphatic rings. The third kappa shape index (κ3) is 5.08. The zero-order valence-corrected chi connectivity index (χ0v) is 16.1. The molecule has 1 aromatic carbocycles. The summed E-state index contributed by atoms with van der Waals surface area (Å²) < 4.78 is 0. The number of carbonyl (C=O) groups is 1. The lowest BCUT2D eigenvalue weighted by Gasteiger charge is -2.20. The van der Waals surface area contributed by atoms with Gasteiger partial charge in [-0.05, 0) is 43.0 Å². The lowest BCUT2D eigenvalue weighted by Crippen LogP contribution is -2.29. The van der Waals surface area contributed by atoms with Crippen molar-refractivity contribution in [2.45, 2.75) is 32.1 Å². The molecule has 1 aromatic heterocycles. The topological polar surface area (TPSA) is 58.1 Å². The van der Waals surface area contributed by atoms with Gasteiger partial charge >= 0.3 is 0 Å². The number of nitrogens with zero attached hydrogens (tertiary/aromatic N) is 3. The zero-order chi connectivity index (χ0) is 18.4. The van der Waals surface area contributed by atoms with Crippen LogP contribution in [0.4, 0.5) is 5.95 Å². The Morgan fingerprint density at radius 1 is 1.12 bits per heavy atom. The van der Waals surface area contributed by atoms with Crippen LogP contribution in [0.5, 0.6) is 0 Å². The van der Waals surface area contributed by atoms with E-state index in [9.17, 15) is 4.79 Å². The molecule has 0 saturated carbocycles. The number of halogens is 2. The van der Waals surface area contributed by atoms with Crippen molar-refractivity contribution in [3.8, 4) is 0 Å². The lowest BCUT2D eigenvalue weighted by atomic mass is 10.1. The second-order valence-electron chi connectivity index (χ2n) is 6.38. The Morgan fingerprint density at radius 3 is 2.62 bits per heavy atom. The molecule has 2 heterocycles. The fraction of sp³-hybridized carbons (Fsp3) is 0.421. The molecule has 5 nitrogen and oxygen atoms in total. The summed E-state index contributed by atoms with van der Waals surface area (Å²) in [5.41, 5.74) is 1.34. The third-order valence-electron chi connectivity index (χ3n) is 4.46. The second kappa shape index (κ2) is 9.19. The van der Waals surface area contributed by atoms with E-state index in [1.807, 2.05) is 6.07 Å². The summed E-state index contributed by atoms with van der Waals surface area (Å²) in [6, 6.07) is 7.02. The van der Waals surface area contributed by atoms with Gasteiger partial charge in [0.2, 0.25) is 5.95 Å². The Balaban J connectivity index is 1.58. The predicted molar refractivity (Wildman–Crippen MR) is 105 cm³/mol.